The second-order valence-corrected chi connectivity index (χ2v) is 4.15. The van der Waals surface area contributed by atoms with Gasteiger partial charge in [0, 0.05) is 5.69 Å². The SMILES string of the molecule is Nc1c(Cl)ncn(CC(=O)Nc2ccccc2)c1=O. The highest BCUT2D eigenvalue weighted by atomic mass is 35.5. The van der Waals surface area contributed by atoms with Crippen LogP contribution in [0.5, 0.6) is 0 Å². The minimum Gasteiger partial charge on any atom is -0.392 e. The Morgan fingerprint density at radius 2 is 2.05 bits per heavy atom. The number of para-hydroxylation sites is 1. The first-order valence-corrected chi connectivity index (χ1v) is 5.81. The molecule has 0 bridgehead atoms. The van der Waals surface area contributed by atoms with Crippen LogP contribution in [0.2, 0.25) is 5.15 Å². The van der Waals surface area contributed by atoms with E-state index in [4.69, 9.17) is 17.3 Å². The smallest absolute Gasteiger partial charge is 0.278 e. The standard InChI is InChI=1S/C12H11ClN4O2/c13-11-10(14)12(19)17(7-15-11)6-9(18)16-8-4-2-1-3-5-8/h1-5,7H,6,14H2,(H,16,18). The lowest BCUT2D eigenvalue weighted by atomic mass is 10.3. The summed E-state index contributed by atoms with van der Waals surface area (Å²) in [4.78, 5) is 27.2. The predicted octanol–water partition coefficient (Wildman–Crippen LogP) is 1.12. The number of amides is 1. The third-order valence-electron chi connectivity index (χ3n) is 2.40. The van der Waals surface area contributed by atoms with Crippen LogP contribution in [0.3, 0.4) is 0 Å². The van der Waals surface area contributed by atoms with Gasteiger partial charge in [0.15, 0.2) is 5.15 Å². The second kappa shape index (κ2) is 5.53. The monoisotopic (exact) mass is 278 g/mol. The number of rotatable bonds is 3. The molecule has 0 aliphatic carbocycles. The van der Waals surface area contributed by atoms with Crippen molar-refractivity contribution in [2.24, 2.45) is 0 Å². The number of hydrogen-bond donors (Lipinski definition) is 2. The zero-order chi connectivity index (χ0) is 13.8. The van der Waals surface area contributed by atoms with Crippen molar-refractivity contribution < 1.29 is 4.79 Å². The van der Waals surface area contributed by atoms with Crippen molar-refractivity contribution in [2.45, 2.75) is 6.54 Å². The number of halogens is 1. The molecule has 2 rings (SSSR count). The molecule has 0 saturated heterocycles. The van der Waals surface area contributed by atoms with Gasteiger partial charge in [0.25, 0.3) is 5.56 Å². The van der Waals surface area contributed by atoms with E-state index >= 15 is 0 Å². The van der Waals surface area contributed by atoms with Crippen molar-refractivity contribution in [3.05, 3.63) is 52.2 Å². The molecular weight excluding hydrogens is 268 g/mol. The lowest BCUT2D eigenvalue weighted by Crippen LogP contribution is -2.29. The van der Waals surface area contributed by atoms with Crippen molar-refractivity contribution in [3.8, 4) is 0 Å². The summed E-state index contributed by atoms with van der Waals surface area (Å²) in [6, 6.07) is 8.92. The summed E-state index contributed by atoms with van der Waals surface area (Å²) in [7, 11) is 0. The molecule has 19 heavy (non-hydrogen) atoms. The fourth-order valence-electron chi connectivity index (χ4n) is 1.47. The molecule has 3 N–H and O–H groups in total. The maximum atomic E-state index is 11.8. The Kier molecular flexibility index (Phi) is 3.82. The summed E-state index contributed by atoms with van der Waals surface area (Å²) in [6.07, 6.45) is 1.19. The molecule has 0 fully saturated rings. The van der Waals surface area contributed by atoms with Crippen LogP contribution in [0.4, 0.5) is 11.4 Å². The fourth-order valence-corrected chi connectivity index (χ4v) is 1.60. The largest absolute Gasteiger partial charge is 0.392 e. The van der Waals surface area contributed by atoms with E-state index in [-0.39, 0.29) is 23.3 Å². The molecule has 0 aliphatic rings. The fraction of sp³-hybridized carbons (Fsp3) is 0.0833. The van der Waals surface area contributed by atoms with Gasteiger partial charge in [-0.3, -0.25) is 14.2 Å². The molecule has 0 radical (unpaired) electrons. The summed E-state index contributed by atoms with van der Waals surface area (Å²) >= 11 is 5.60. The summed E-state index contributed by atoms with van der Waals surface area (Å²) in [6.45, 7) is -0.178. The average molecular weight is 279 g/mol. The molecule has 6 nitrogen and oxygen atoms in total. The molecule has 0 spiro atoms. The lowest BCUT2D eigenvalue weighted by Gasteiger charge is -2.07. The van der Waals surface area contributed by atoms with Crippen LogP contribution < -0.4 is 16.6 Å². The molecule has 7 heteroatoms. The second-order valence-electron chi connectivity index (χ2n) is 3.80. The van der Waals surface area contributed by atoms with E-state index in [0.29, 0.717) is 5.69 Å². The van der Waals surface area contributed by atoms with Crippen molar-refractivity contribution in [1.29, 1.82) is 0 Å². The number of nitrogens with zero attached hydrogens (tertiary/aromatic N) is 2. The number of benzene rings is 1. The molecular formula is C12H11ClN4O2. The van der Waals surface area contributed by atoms with Gasteiger partial charge >= 0.3 is 0 Å². The topological polar surface area (TPSA) is 90.0 Å². The molecule has 0 unspecified atom stereocenters. The quantitative estimate of drug-likeness (QED) is 0.823. The normalized spacial score (nSPS) is 10.2. The Morgan fingerprint density at radius 3 is 2.74 bits per heavy atom. The maximum absolute atomic E-state index is 11.8. The van der Waals surface area contributed by atoms with Gasteiger partial charge in [-0.15, -0.1) is 0 Å². The number of nitrogens with two attached hydrogens (primary N) is 1. The van der Waals surface area contributed by atoms with E-state index in [1.165, 1.54) is 6.33 Å². The molecule has 1 aromatic carbocycles. The Labute approximate surface area is 113 Å². The van der Waals surface area contributed by atoms with E-state index in [0.717, 1.165) is 4.57 Å². The summed E-state index contributed by atoms with van der Waals surface area (Å²) in [5, 5.41) is 2.59. The third-order valence-corrected chi connectivity index (χ3v) is 2.70. The number of nitrogens with one attached hydrogen (secondary N) is 1. The predicted molar refractivity (Wildman–Crippen MR) is 73.0 cm³/mol. The zero-order valence-electron chi connectivity index (χ0n) is 9.84. The van der Waals surface area contributed by atoms with Crippen molar-refractivity contribution in [1.82, 2.24) is 9.55 Å². The highest BCUT2D eigenvalue weighted by molar-refractivity contribution is 6.31. The molecule has 0 atom stereocenters. The summed E-state index contributed by atoms with van der Waals surface area (Å²) in [5.74, 6) is -0.350. The lowest BCUT2D eigenvalue weighted by molar-refractivity contribution is -0.116. The number of hydrogen-bond acceptors (Lipinski definition) is 4. The van der Waals surface area contributed by atoms with Crippen LogP contribution in [0.1, 0.15) is 0 Å². The molecule has 98 valence electrons. The first-order valence-electron chi connectivity index (χ1n) is 5.43. The molecule has 0 saturated carbocycles. The first-order chi connectivity index (χ1) is 9.08. The van der Waals surface area contributed by atoms with Gasteiger partial charge in [-0.05, 0) is 12.1 Å². The number of aromatic nitrogens is 2. The van der Waals surface area contributed by atoms with Gasteiger partial charge in [0.1, 0.15) is 12.2 Å². The minimum absolute atomic E-state index is 0.0651. The Morgan fingerprint density at radius 1 is 1.37 bits per heavy atom. The number of anilines is 2. The van der Waals surface area contributed by atoms with E-state index in [2.05, 4.69) is 10.3 Å². The van der Waals surface area contributed by atoms with Crippen LogP contribution >= 0.6 is 11.6 Å². The van der Waals surface area contributed by atoms with Gasteiger partial charge < -0.3 is 11.1 Å². The number of carbonyl (C=O) groups excluding carboxylic acids is 1. The van der Waals surface area contributed by atoms with Crippen molar-refractivity contribution >= 4 is 28.9 Å². The van der Waals surface area contributed by atoms with E-state index in [9.17, 15) is 9.59 Å². The Balaban J connectivity index is 2.12. The van der Waals surface area contributed by atoms with Gasteiger partial charge in [0.2, 0.25) is 5.91 Å². The maximum Gasteiger partial charge on any atom is 0.278 e. The number of nitrogen functional groups attached to an aromatic ring is 1. The summed E-state index contributed by atoms with van der Waals surface area (Å²) < 4.78 is 1.10. The van der Waals surface area contributed by atoms with Crippen molar-refractivity contribution in [2.75, 3.05) is 11.1 Å². The molecule has 0 aliphatic heterocycles. The Hall–Kier alpha value is -2.34. The number of carbonyl (C=O) groups is 1. The summed E-state index contributed by atoms with van der Waals surface area (Å²) in [5.41, 5.74) is 5.39. The molecule has 1 heterocycles. The highest BCUT2D eigenvalue weighted by Gasteiger charge is 2.09. The third kappa shape index (κ3) is 3.11. The van der Waals surface area contributed by atoms with Gasteiger partial charge in [0.05, 0.1) is 6.33 Å². The molecule has 1 aromatic heterocycles. The van der Waals surface area contributed by atoms with Gasteiger partial charge in [-0.1, -0.05) is 29.8 Å². The Bertz CT molecular complexity index is 655. The van der Waals surface area contributed by atoms with E-state index in [1.54, 1.807) is 24.3 Å². The van der Waals surface area contributed by atoms with E-state index in [1.807, 2.05) is 6.07 Å². The van der Waals surface area contributed by atoms with Crippen LogP contribution in [-0.4, -0.2) is 15.5 Å². The molecule has 2 aromatic rings. The van der Waals surface area contributed by atoms with Crippen molar-refractivity contribution in [3.63, 3.8) is 0 Å². The average Bonchev–Trinajstić information content (AvgIpc) is 2.41. The molecule has 1 amide bonds. The van der Waals surface area contributed by atoms with Crippen LogP contribution in [0, 0.1) is 0 Å². The van der Waals surface area contributed by atoms with Gasteiger partial charge in [-0.25, -0.2) is 4.98 Å². The minimum atomic E-state index is -0.539. The highest BCUT2D eigenvalue weighted by Crippen LogP contribution is 2.08. The first kappa shape index (κ1) is 13.1. The van der Waals surface area contributed by atoms with Crippen LogP contribution in [0.25, 0.3) is 0 Å². The van der Waals surface area contributed by atoms with Crippen LogP contribution in [-0.2, 0) is 11.3 Å². The van der Waals surface area contributed by atoms with Crippen LogP contribution in [0.15, 0.2) is 41.5 Å². The van der Waals surface area contributed by atoms with E-state index < -0.39 is 5.56 Å². The van der Waals surface area contributed by atoms with Gasteiger partial charge in [-0.2, -0.15) is 0 Å². The zero-order valence-corrected chi connectivity index (χ0v) is 10.6.